The van der Waals surface area contributed by atoms with E-state index in [0.29, 0.717) is 11.7 Å². The minimum Gasteiger partial charge on any atom is -0.355 e. The summed E-state index contributed by atoms with van der Waals surface area (Å²) in [5.74, 6) is -0.0303. The van der Waals surface area contributed by atoms with Crippen molar-refractivity contribution < 1.29 is 4.79 Å². The third-order valence-electron chi connectivity index (χ3n) is 4.16. The summed E-state index contributed by atoms with van der Waals surface area (Å²) in [5.41, 5.74) is 1.22. The predicted octanol–water partition coefficient (Wildman–Crippen LogP) is 2.49. The summed E-state index contributed by atoms with van der Waals surface area (Å²) in [4.78, 5) is 31.5. The average molecular weight is 351 g/mol. The smallest absolute Gasteiger partial charge is 0.262 e. The standard InChI is InChI=1S/C16H21N3O2S2/c1-4-17-13(20)9(2)22-16-18-14-12(15(21)19(16)3)10-7-5-6-8-11(10)23-14/h9H,4-8H2,1-3H3,(H,17,20)/t9-/m0/s1. The Bertz CT molecular complexity index is 810. The first-order valence-corrected chi connectivity index (χ1v) is 9.68. The first-order valence-electron chi connectivity index (χ1n) is 7.98. The van der Waals surface area contributed by atoms with E-state index in [4.69, 9.17) is 0 Å². The second-order valence-electron chi connectivity index (χ2n) is 5.80. The van der Waals surface area contributed by atoms with Crippen LogP contribution in [-0.2, 0) is 24.7 Å². The highest BCUT2D eigenvalue weighted by Crippen LogP contribution is 2.34. The number of carbonyl (C=O) groups excluding carboxylic acids is 1. The van der Waals surface area contributed by atoms with Crippen LogP contribution in [0.15, 0.2) is 9.95 Å². The minimum absolute atomic E-state index is 0.0139. The molecule has 0 saturated heterocycles. The molecule has 2 aromatic heterocycles. The van der Waals surface area contributed by atoms with Crippen LogP contribution < -0.4 is 10.9 Å². The average Bonchev–Trinajstić information content (AvgIpc) is 2.90. The number of aromatic nitrogens is 2. The van der Waals surface area contributed by atoms with Gasteiger partial charge in [0.25, 0.3) is 5.56 Å². The van der Waals surface area contributed by atoms with Crippen molar-refractivity contribution in [3.05, 3.63) is 20.8 Å². The summed E-state index contributed by atoms with van der Waals surface area (Å²) in [5, 5.41) is 3.93. The minimum atomic E-state index is -0.278. The lowest BCUT2D eigenvalue weighted by Gasteiger charge is -2.13. The zero-order valence-electron chi connectivity index (χ0n) is 13.6. The zero-order chi connectivity index (χ0) is 16.6. The number of rotatable bonds is 4. The number of carbonyl (C=O) groups is 1. The lowest BCUT2D eigenvalue weighted by Crippen LogP contribution is -2.31. The predicted molar refractivity (Wildman–Crippen MR) is 95.5 cm³/mol. The monoisotopic (exact) mass is 351 g/mol. The van der Waals surface area contributed by atoms with Crippen LogP contribution in [-0.4, -0.2) is 27.3 Å². The molecule has 2 heterocycles. The van der Waals surface area contributed by atoms with Crippen LogP contribution in [0.2, 0.25) is 0 Å². The quantitative estimate of drug-likeness (QED) is 0.679. The maximum absolute atomic E-state index is 12.8. The fraction of sp³-hybridized carbons (Fsp3) is 0.562. The largest absolute Gasteiger partial charge is 0.355 e. The number of hydrogen-bond donors (Lipinski definition) is 1. The van der Waals surface area contributed by atoms with Crippen LogP contribution in [0.25, 0.3) is 10.2 Å². The fourth-order valence-electron chi connectivity index (χ4n) is 2.90. The second-order valence-corrected chi connectivity index (χ2v) is 8.20. The molecule has 1 aliphatic rings. The summed E-state index contributed by atoms with van der Waals surface area (Å²) in [6.45, 7) is 4.34. The number of thiophene rings is 1. The molecule has 0 saturated carbocycles. The molecule has 0 radical (unpaired) electrons. The number of hydrogen-bond acceptors (Lipinski definition) is 5. The molecular weight excluding hydrogens is 330 g/mol. The normalized spacial score (nSPS) is 15.4. The van der Waals surface area contributed by atoms with E-state index < -0.39 is 0 Å². The Hall–Kier alpha value is -1.34. The molecule has 2 aromatic rings. The number of nitrogens with zero attached hydrogens (tertiary/aromatic N) is 2. The lowest BCUT2D eigenvalue weighted by molar-refractivity contribution is -0.120. The van der Waals surface area contributed by atoms with Gasteiger partial charge in [-0.05, 0) is 45.1 Å². The zero-order valence-corrected chi connectivity index (χ0v) is 15.3. The molecule has 124 valence electrons. The molecule has 0 aromatic carbocycles. The van der Waals surface area contributed by atoms with E-state index in [2.05, 4.69) is 10.3 Å². The fourth-order valence-corrected chi connectivity index (χ4v) is 5.10. The van der Waals surface area contributed by atoms with E-state index >= 15 is 0 Å². The number of thioether (sulfide) groups is 1. The van der Waals surface area contributed by atoms with Gasteiger partial charge >= 0.3 is 0 Å². The van der Waals surface area contributed by atoms with E-state index in [1.165, 1.54) is 28.6 Å². The van der Waals surface area contributed by atoms with Gasteiger partial charge in [0.15, 0.2) is 5.16 Å². The molecule has 1 amide bonds. The second kappa shape index (κ2) is 6.65. The van der Waals surface area contributed by atoms with Crippen molar-refractivity contribution in [2.75, 3.05) is 6.54 Å². The summed E-state index contributed by atoms with van der Waals surface area (Å²) in [7, 11) is 1.74. The van der Waals surface area contributed by atoms with Gasteiger partial charge in [0.05, 0.1) is 10.6 Å². The van der Waals surface area contributed by atoms with Crippen molar-refractivity contribution in [2.24, 2.45) is 7.05 Å². The first-order chi connectivity index (χ1) is 11.0. The van der Waals surface area contributed by atoms with Crippen molar-refractivity contribution in [2.45, 2.75) is 49.9 Å². The molecule has 5 nitrogen and oxygen atoms in total. The topological polar surface area (TPSA) is 64.0 Å². The summed E-state index contributed by atoms with van der Waals surface area (Å²) in [6, 6.07) is 0. The highest BCUT2D eigenvalue weighted by Gasteiger charge is 2.23. The Balaban J connectivity index is 2.01. The van der Waals surface area contributed by atoms with Gasteiger partial charge in [0.2, 0.25) is 5.91 Å². The third-order valence-corrected chi connectivity index (χ3v) is 6.49. The number of aryl methyl sites for hydroxylation is 2. The molecule has 0 unspecified atom stereocenters. The number of fused-ring (bicyclic) bond motifs is 3. The van der Waals surface area contributed by atoms with Crippen LogP contribution in [0, 0.1) is 0 Å². The molecule has 1 atom stereocenters. The molecule has 0 fully saturated rings. The van der Waals surface area contributed by atoms with Crippen LogP contribution in [0.5, 0.6) is 0 Å². The van der Waals surface area contributed by atoms with Crippen molar-refractivity contribution in [1.29, 1.82) is 0 Å². The van der Waals surface area contributed by atoms with Gasteiger partial charge in [-0.25, -0.2) is 4.98 Å². The van der Waals surface area contributed by atoms with Gasteiger partial charge in [-0.15, -0.1) is 11.3 Å². The van der Waals surface area contributed by atoms with Crippen LogP contribution in [0.4, 0.5) is 0 Å². The van der Waals surface area contributed by atoms with Gasteiger partial charge in [0.1, 0.15) is 4.83 Å². The van der Waals surface area contributed by atoms with Crippen LogP contribution in [0.1, 0.15) is 37.1 Å². The van der Waals surface area contributed by atoms with Crippen molar-refractivity contribution in [3.8, 4) is 0 Å². The summed E-state index contributed by atoms with van der Waals surface area (Å²) in [6.07, 6.45) is 4.37. The molecular formula is C16H21N3O2S2. The molecule has 0 aliphatic heterocycles. The number of amides is 1. The highest BCUT2D eigenvalue weighted by atomic mass is 32.2. The summed E-state index contributed by atoms with van der Waals surface area (Å²) < 4.78 is 1.59. The molecule has 0 bridgehead atoms. The van der Waals surface area contributed by atoms with Gasteiger partial charge < -0.3 is 5.32 Å². The van der Waals surface area contributed by atoms with Gasteiger partial charge in [-0.1, -0.05) is 11.8 Å². The van der Waals surface area contributed by atoms with E-state index in [1.807, 2.05) is 13.8 Å². The Kier molecular flexibility index (Phi) is 4.77. The Morgan fingerprint density at radius 1 is 1.43 bits per heavy atom. The van der Waals surface area contributed by atoms with Gasteiger partial charge in [-0.3, -0.25) is 14.2 Å². The summed E-state index contributed by atoms with van der Waals surface area (Å²) >= 11 is 2.98. The van der Waals surface area contributed by atoms with E-state index in [1.54, 1.807) is 23.0 Å². The molecule has 7 heteroatoms. The van der Waals surface area contributed by atoms with Crippen LogP contribution >= 0.6 is 23.1 Å². The Morgan fingerprint density at radius 2 is 2.17 bits per heavy atom. The third kappa shape index (κ3) is 3.04. The Morgan fingerprint density at radius 3 is 2.91 bits per heavy atom. The molecule has 1 N–H and O–H groups in total. The molecule has 3 rings (SSSR count). The van der Waals surface area contributed by atoms with Gasteiger partial charge in [-0.2, -0.15) is 0 Å². The Labute approximate surface area is 143 Å². The molecule has 1 aliphatic carbocycles. The van der Waals surface area contributed by atoms with Crippen molar-refractivity contribution in [3.63, 3.8) is 0 Å². The van der Waals surface area contributed by atoms with Crippen molar-refractivity contribution in [1.82, 2.24) is 14.9 Å². The maximum Gasteiger partial charge on any atom is 0.262 e. The van der Waals surface area contributed by atoms with E-state index in [0.717, 1.165) is 29.5 Å². The molecule has 23 heavy (non-hydrogen) atoms. The van der Waals surface area contributed by atoms with Crippen molar-refractivity contribution >= 4 is 39.2 Å². The lowest BCUT2D eigenvalue weighted by atomic mass is 9.97. The van der Waals surface area contributed by atoms with Crippen LogP contribution in [0.3, 0.4) is 0 Å². The number of nitrogens with one attached hydrogen (secondary N) is 1. The highest BCUT2D eigenvalue weighted by molar-refractivity contribution is 8.00. The SMILES string of the molecule is CCNC(=O)[C@H](C)Sc1nc2sc3c(c2c(=O)n1C)CCCC3. The molecule has 0 spiro atoms. The van der Waals surface area contributed by atoms with E-state index in [-0.39, 0.29) is 16.7 Å². The maximum atomic E-state index is 12.8. The van der Waals surface area contributed by atoms with Gasteiger partial charge in [0, 0.05) is 18.5 Å². The van der Waals surface area contributed by atoms with E-state index in [9.17, 15) is 9.59 Å². The first kappa shape index (κ1) is 16.5.